The van der Waals surface area contributed by atoms with Crippen molar-refractivity contribution in [3.8, 4) is 5.75 Å². The minimum absolute atomic E-state index is 0.0464. The Morgan fingerprint density at radius 1 is 1.32 bits per heavy atom. The van der Waals surface area contributed by atoms with Gasteiger partial charge in [0.05, 0.1) is 11.7 Å². The molecule has 7 heteroatoms. The van der Waals surface area contributed by atoms with Crippen LogP contribution in [0.25, 0.3) is 0 Å². The van der Waals surface area contributed by atoms with E-state index in [1.807, 2.05) is 25.1 Å². The number of hydrogen-bond donors (Lipinski definition) is 2. The molecular weight excluding hydrogens is 320 g/mol. The summed E-state index contributed by atoms with van der Waals surface area (Å²) in [6, 6.07) is 5.77. The second-order valence-electron chi connectivity index (χ2n) is 6.35. The summed E-state index contributed by atoms with van der Waals surface area (Å²) in [7, 11) is 0. The van der Waals surface area contributed by atoms with Crippen molar-refractivity contribution in [3.63, 3.8) is 0 Å². The third kappa shape index (κ3) is 4.17. The minimum Gasteiger partial charge on any atom is -0.482 e. The third-order valence-corrected chi connectivity index (χ3v) is 4.24. The first kappa shape index (κ1) is 17.4. The molecule has 0 unspecified atom stereocenters. The van der Waals surface area contributed by atoms with Crippen LogP contribution in [0, 0.1) is 0 Å². The van der Waals surface area contributed by atoms with E-state index in [4.69, 9.17) is 9.26 Å². The van der Waals surface area contributed by atoms with Gasteiger partial charge in [-0.25, -0.2) is 0 Å². The Hall–Kier alpha value is -2.41. The second kappa shape index (κ2) is 7.65. The quantitative estimate of drug-likeness (QED) is 0.802. The highest BCUT2D eigenvalue weighted by molar-refractivity contribution is 5.95. The summed E-state index contributed by atoms with van der Waals surface area (Å²) in [5.74, 6) is 1.91. The molecular formula is C18H24N4O3. The molecule has 1 aliphatic rings. The Labute approximate surface area is 147 Å². The maximum atomic E-state index is 11.5. The number of rotatable bonds is 7. The van der Waals surface area contributed by atoms with Gasteiger partial charge in [-0.05, 0) is 38.0 Å². The van der Waals surface area contributed by atoms with Gasteiger partial charge in [-0.2, -0.15) is 4.98 Å². The molecule has 0 aliphatic carbocycles. The molecule has 1 aliphatic heterocycles. The fourth-order valence-electron chi connectivity index (χ4n) is 2.79. The van der Waals surface area contributed by atoms with Gasteiger partial charge in [-0.3, -0.25) is 10.1 Å². The lowest BCUT2D eigenvalue weighted by molar-refractivity contribution is -0.118. The van der Waals surface area contributed by atoms with Crippen LogP contribution >= 0.6 is 0 Å². The van der Waals surface area contributed by atoms with Crippen molar-refractivity contribution in [1.82, 2.24) is 15.5 Å². The van der Waals surface area contributed by atoms with Gasteiger partial charge in [0.2, 0.25) is 5.89 Å². The number of nitrogens with zero attached hydrogens (tertiary/aromatic N) is 2. The molecule has 3 rings (SSSR count). The van der Waals surface area contributed by atoms with Crippen molar-refractivity contribution in [3.05, 3.63) is 35.5 Å². The maximum absolute atomic E-state index is 11.5. The van der Waals surface area contributed by atoms with E-state index in [1.165, 1.54) is 0 Å². The van der Waals surface area contributed by atoms with Crippen LogP contribution < -0.4 is 15.4 Å². The van der Waals surface area contributed by atoms with Crippen molar-refractivity contribution >= 4 is 11.6 Å². The van der Waals surface area contributed by atoms with Gasteiger partial charge in [0.1, 0.15) is 5.75 Å². The van der Waals surface area contributed by atoms with Crippen LogP contribution in [0.2, 0.25) is 0 Å². The van der Waals surface area contributed by atoms with Crippen LogP contribution in [-0.4, -0.2) is 22.7 Å². The molecule has 0 spiro atoms. The average Bonchev–Trinajstić information content (AvgIpc) is 3.08. The second-order valence-corrected chi connectivity index (χ2v) is 6.35. The van der Waals surface area contributed by atoms with Crippen LogP contribution in [0.15, 0.2) is 22.7 Å². The van der Waals surface area contributed by atoms with Gasteiger partial charge in [-0.1, -0.05) is 24.6 Å². The Morgan fingerprint density at radius 2 is 2.16 bits per heavy atom. The number of aromatic nitrogens is 2. The molecule has 1 aromatic carbocycles. The molecule has 0 saturated carbocycles. The largest absolute Gasteiger partial charge is 0.482 e. The third-order valence-electron chi connectivity index (χ3n) is 4.24. The van der Waals surface area contributed by atoms with Crippen molar-refractivity contribution < 1.29 is 14.1 Å². The predicted molar refractivity (Wildman–Crippen MR) is 93.4 cm³/mol. The first-order chi connectivity index (χ1) is 12.1. The molecule has 1 amide bonds. The fraction of sp³-hybridized carbons (Fsp3) is 0.500. The molecule has 0 radical (unpaired) electrons. The molecule has 134 valence electrons. The highest BCUT2D eigenvalue weighted by Crippen LogP contribution is 2.31. The molecule has 7 nitrogen and oxygen atoms in total. The Balaban J connectivity index is 1.65. The maximum Gasteiger partial charge on any atom is 0.262 e. The highest BCUT2D eigenvalue weighted by Gasteiger charge is 2.20. The number of carbonyl (C=O) groups excluding carboxylic acids is 1. The van der Waals surface area contributed by atoms with Crippen LogP contribution in [0.4, 0.5) is 5.69 Å². The van der Waals surface area contributed by atoms with E-state index >= 15 is 0 Å². The molecule has 2 aromatic rings. The zero-order chi connectivity index (χ0) is 17.8. The van der Waals surface area contributed by atoms with E-state index in [1.54, 1.807) is 0 Å². The average molecular weight is 344 g/mol. The lowest BCUT2D eigenvalue weighted by atomic mass is 10.1. The zero-order valence-electron chi connectivity index (χ0n) is 14.8. The van der Waals surface area contributed by atoms with Gasteiger partial charge >= 0.3 is 0 Å². The van der Waals surface area contributed by atoms with Crippen LogP contribution in [-0.2, 0) is 11.2 Å². The van der Waals surface area contributed by atoms with E-state index in [0.29, 0.717) is 17.3 Å². The molecule has 1 aromatic heterocycles. The van der Waals surface area contributed by atoms with Crippen molar-refractivity contribution in [1.29, 1.82) is 0 Å². The fourth-order valence-corrected chi connectivity index (χ4v) is 2.79. The summed E-state index contributed by atoms with van der Waals surface area (Å²) in [4.78, 5) is 15.9. The molecule has 25 heavy (non-hydrogen) atoms. The number of hydrogen-bond acceptors (Lipinski definition) is 6. The van der Waals surface area contributed by atoms with Gasteiger partial charge in [-0.15, -0.1) is 0 Å². The Kier molecular flexibility index (Phi) is 5.33. The first-order valence-corrected chi connectivity index (χ1v) is 8.72. The zero-order valence-corrected chi connectivity index (χ0v) is 14.8. The number of amides is 1. The van der Waals surface area contributed by atoms with Gasteiger partial charge in [0.25, 0.3) is 5.91 Å². The van der Waals surface area contributed by atoms with E-state index in [-0.39, 0.29) is 24.6 Å². The Bertz CT molecular complexity index is 744. The molecule has 0 saturated heterocycles. The van der Waals surface area contributed by atoms with Crippen molar-refractivity contribution in [2.24, 2.45) is 0 Å². The number of anilines is 1. The van der Waals surface area contributed by atoms with E-state index < -0.39 is 0 Å². The summed E-state index contributed by atoms with van der Waals surface area (Å²) in [6.07, 6.45) is 3.00. The van der Waals surface area contributed by atoms with Gasteiger partial charge in [0, 0.05) is 12.5 Å². The number of ether oxygens (including phenoxy) is 1. The number of carbonyl (C=O) groups is 1. The summed E-state index contributed by atoms with van der Waals surface area (Å²) in [5.41, 5.74) is 1.75. The van der Waals surface area contributed by atoms with Crippen molar-refractivity contribution in [2.75, 3.05) is 11.9 Å². The lowest BCUT2D eigenvalue weighted by Crippen LogP contribution is -2.26. The molecule has 0 bridgehead atoms. The monoisotopic (exact) mass is 344 g/mol. The van der Waals surface area contributed by atoms with Crippen LogP contribution in [0.5, 0.6) is 5.75 Å². The standard InChI is InChI=1S/C18H24N4O3/c1-4-5-6-16-21-18(25-22-16)12(3)19-11(2)13-7-8-15-14(9-13)20-17(23)10-24-15/h7-9,11-12,19H,4-6,10H2,1-3H3,(H,20,23)/t11-,12+/m1/s1. The molecule has 2 N–H and O–H groups in total. The smallest absolute Gasteiger partial charge is 0.262 e. The van der Waals surface area contributed by atoms with Crippen LogP contribution in [0.3, 0.4) is 0 Å². The van der Waals surface area contributed by atoms with Gasteiger partial charge in [0.15, 0.2) is 12.4 Å². The summed E-state index contributed by atoms with van der Waals surface area (Å²) in [5, 5.41) is 10.3. The number of aryl methyl sites for hydroxylation is 1. The van der Waals surface area contributed by atoms with Gasteiger partial charge < -0.3 is 14.6 Å². The van der Waals surface area contributed by atoms with E-state index in [0.717, 1.165) is 30.7 Å². The summed E-state index contributed by atoms with van der Waals surface area (Å²) >= 11 is 0. The summed E-state index contributed by atoms with van der Waals surface area (Å²) < 4.78 is 10.8. The number of unbranched alkanes of at least 4 members (excludes halogenated alkanes) is 1. The molecule has 0 fully saturated rings. The summed E-state index contributed by atoms with van der Waals surface area (Å²) in [6.45, 7) is 6.25. The lowest BCUT2D eigenvalue weighted by Gasteiger charge is -2.22. The number of benzene rings is 1. The van der Waals surface area contributed by atoms with Crippen LogP contribution in [0.1, 0.15) is 63.0 Å². The minimum atomic E-state index is -0.135. The number of fused-ring (bicyclic) bond motifs is 1. The SMILES string of the molecule is CCCCc1noc([C@H](C)N[C@H](C)c2ccc3c(c2)NC(=O)CO3)n1. The van der Waals surface area contributed by atoms with E-state index in [2.05, 4.69) is 34.6 Å². The molecule has 2 heterocycles. The highest BCUT2D eigenvalue weighted by atomic mass is 16.5. The first-order valence-electron chi connectivity index (χ1n) is 8.72. The normalized spacial score (nSPS) is 15.9. The van der Waals surface area contributed by atoms with E-state index in [9.17, 15) is 4.79 Å². The number of nitrogens with one attached hydrogen (secondary N) is 2. The van der Waals surface area contributed by atoms with Crippen molar-refractivity contribution in [2.45, 2.75) is 52.1 Å². The molecule has 2 atom stereocenters. The topological polar surface area (TPSA) is 89.3 Å². The Morgan fingerprint density at radius 3 is 2.96 bits per heavy atom. The predicted octanol–water partition coefficient (Wildman–Crippen LogP) is 3.15.